The summed E-state index contributed by atoms with van der Waals surface area (Å²) in [5.41, 5.74) is 1.14. The fourth-order valence-corrected chi connectivity index (χ4v) is 5.30. The molecule has 5 nitrogen and oxygen atoms in total. The molecule has 1 aliphatic heterocycles. The number of carboxylic acids is 1. The van der Waals surface area contributed by atoms with E-state index in [1.807, 2.05) is 39.8 Å². The number of nitrogens with zero attached hydrogens (tertiary/aromatic N) is 1. The van der Waals surface area contributed by atoms with E-state index in [2.05, 4.69) is 41.5 Å². The molecule has 0 aromatic heterocycles. The van der Waals surface area contributed by atoms with Gasteiger partial charge < -0.3 is 15.4 Å². The number of hydrogen-bond donors (Lipinski definition) is 3. The molecular formula is C26H43NO4. The second-order valence-corrected chi connectivity index (χ2v) is 12.8. The average Bonchev–Trinajstić information content (AvgIpc) is 2.55. The van der Waals surface area contributed by atoms with Gasteiger partial charge >= 0.3 is 5.97 Å². The number of phenolic OH excluding ortho intramolecular Hbond substituents is 1. The summed E-state index contributed by atoms with van der Waals surface area (Å²) in [6.07, 6.45) is 1.63. The predicted octanol–water partition coefficient (Wildman–Crippen LogP) is 5.89. The molecule has 1 atom stereocenters. The van der Waals surface area contributed by atoms with Crippen molar-refractivity contribution in [2.45, 2.75) is 110 Å². The third kappa shape index (κ3) is 5.43. The first-order valence-electron chi connectivity index (χ1n) is 11.4. The molecule has 0 amide bonds. The van der Waals surface area contributed by atoms with Gasteiger partial charge in [0.05, 0.1) is 5.92 Å². The van der Waals surface area contributed by atoms with Gasteiger partial charge in [-0.1, -0.05) is 53.7 Å². The molecule has 1 heterocycles. The van der Waals surface area contributed by atoms with E-state index in [1.165, 1.54) is 5.06 Å². The van der Waals surface area contributed by atoms with E-state index in [0.29, 0.717) is 25.0 Å². The first-order valence-corrected chi connectivity index (χ1v) is 11.4. The van der Waals surface area contributed by atoms with Crippen LogP contribution in [0.5, 0.6) is 5.75 Å². The highest BCUT2D eigenvalue weighted by Crippen LogP contribution is 2.45. The SMILES string of the molecule is CC(C)(C)c1cc(CC(C(=O)O)C2CC(C)(C)N(O)C(C)(C)C2)cc(C(C)(C)C)c1O. The van der Waals surface area contributed by atoms with Crippen molar-refractivity contribution in [2.24, 2.45) is 11.8 Å². The van der Waals surface area contributed by atoms with Crippen molar-refractivity contribution in [2.75, 3.05) is 0 Å². The number of piperidine rings is 1. The lowest BCUT2D eigenvalue weighted by Gasteiger charge is -2.52. The summed E-state index contributed by atoms with van der Waals surface area (Å²) in [5.74, 6) is -1.11. The van der Waals surface area contributed by atoms with Gasteiger partial charge in [0.1, 0.15) is 5.75 Å². The summed E-state index contributed by atoms with van der Waals surface area (Å²) < 4.78 is 0. The van der Waals surface area contributed by atoms with Crippen LogP contribution >= 0.6 is 0 Å². The molecule has 1 aromatic rings. The molecule has 1 fully saturated rings. The highest BCUT2D eigenvalue weighted by molar-refractivity contribution is 5.71. The van der Waals surface area contributed by atoms with E-state index < -0.39 is 23.0 Å². The van der Waals surface area contributed by atoms with Crippen molar-refractivity contribution in [1.29, 1.82) is 0 Å². The standard InChI is InChI=1S/C26H43NO4/c1-23(2,3)19-12-16(13-20(21(19)28)24(4,5)6)11-18(22(29)30)17-14-25(7,8)27(31)26(9,10)15-17/h12-13,17-18,28,31H,11,14-15H2,1-10H3,(H,29,30). The van der Waals surface area contributed by atoms with Gasteiger partial charge in [0, 0.05) is 11.1 Å². The van der Waals surface area contributed by atoms with E-state index in [0.717, 1.165) is 16.7 Å². The minimum Gasteiger partial charge on any atom is -0.507 e. The quantitative estimate of drug-likeness (QED) is 0.552. The molecule has 0 aliphatic carbocycles. The lowest BCUT2D eigenvalue weighted by molar-refractivity contribution is -0.254. The van der Waals surface area contributed by atoms with Crippen molar-refractivity contribution < 1.29 is 20.2 Å². The van der Waals surface area contributed by atoms with Gasteiger partial charge in [-0.25, -0.2) is 0 Å². The third-order valence-electron chi connectivity index (χ3n) is 6.80. The van der Waals surface area contributed by atoms with E-state index in [9.17, 15) is 20.2 Å². The number of benzene rings is 1. The molecule has 0 radical (unpaired) electrons. The van der Waals surface area contributed by atoms with Gasteiger partial charge in [-0.2, -0.15) is 5.06 Å². The summed E-state index contributed by atoms with van der Waals surface area (Å²) in [6, 6.07) is 3.97. The molecule has 3 N–H and O–H groups in total. The van der Waals surface area contributed by atoms with Gasteiger partial charge in [0.25, 0.3) is 0 Å². The zero-order valence-corrected chi connectivity index (χ0v) is 21.1. The van der Waals surface area contributed by atoms with E-state index in [1.54, 1.807) is 0 Å². The van der Waals surface area contributed by atoms with Crippen LogP contribution in [0.4, 0.5) is 0 Å². The number of hydroxylamine groups is 2. The molecule has 5 heteroatoms. The molecule has 31 heavy (non-hydrogen) atoms. The van der Waals surface area contributed by atoms with Gasteiger partial charge in [-0.3, -0.25) is 4.79 Å². The maximum absolute atomic E-state index is 12.4. The lowest BCUT2D eigenvalue weighted by atomic mass is 9.68. The summed E-state index contributed by atoms with van der Waals surface area (Å²) in [4.78, 5) is 12.4. The summed E-state index contributed by atoms with van der Waals surface area (Å²) in [7, 11) is 0. The summed E-state index contributed by atoms with van der Waals surface area (Å²) in [6.45, 7) is 20.3. The van der Waals surface area contributed by atoms with Crippen molar-refractivity contribution in [3.05, 3.63) is 28.8 Å². The van der Waals surface area contributed by atoms with Crippen LogP contribution in [0.1, 0.15) is 98.8 Å². The normalized spacial score (nSPS) is 21.1. The predicted molar refractivity (Wildman–Crippen MR) is 125 cm³/mol. The first kappa shape index (κ1) is 25.7. The van der Waals surface area contributed by atoms with Crippen LogP contribution in [0.15, 0.2) is 12.1 Å². The maximum Gasteiger partial charge on any atom is 0.307 e. The van der Waals surface area contributed by atoms with Crippen LogP contribution in [0.3, 0.4) is 0 Å². The van der Waals surface area contributed by atoms with Crippen molar-refractivity contribution in [3.63, 3.8) is 0 Å². The number of phenols is 1. The maximum atomic E-state index is 12.4. The Hall–Kier alpha value is -1.59. The number of carbonyl (C=O) groups is 1. The molecule has 1 aromatic carbocycles. The van der Waals surface area contributed by atoms with Crippen LogP contribution in [-0.4, -0.2) is 37.5 Å². The van der Waals surface area contributed by atoms with E-state index >= 15 is 0 Å². The van der Waals surface area contributed by atoms with E-state index in [4.69, 9.17) is 0 Å². The minimum absolute atomic E-state index is 0.0594. The van der Waals surface area contributed by atoms with Gasteiger partial charge in [0.2, 0.25) is 0 Å². The molecule has 176 valence electrons. The minimum atomic E-state index is -0.800. The van der Waals surface area contributed by atoms with E-state index in [-0.39, 0.29) is 16.7 Å². The summed E-state index contributed by atoms with van der Waals surface area (Å²) in [5, 5.41) is 33.2. The number of hydrogen-bond acceptors (Lipinski definition) is 4. The van der Waals surface area contributed by atoms with Crippen molar-refractivity contribution in [1.82, 2.24) is 5.06 Å². The smallest absolute Gasteiger partial charge is 0.307 e. The molecule has 0 bridgehead atoms. The Morgan fingerprint density at radius 1 is 1.00 bits per heavy atom. The fourth-order valence-electron chi connectivity index (χ4n) is 5.30. The molecule has 0 saturated carbocycles. The molecule has 1 unspecified atom stereocenters. The van der Waals surface area contributed by atoms with Crippen molar-refractivity contribution in [3.8, 4) is 5.75 Å². The van der Waals surface area contributed by atoms with Gasteiger partial charge in [-0.05, 0) is 80.4 Å². The van der Waals surface area contributed by atoms with Crippen LogP contribution < -0.4 is 0 Å². The number of aliphatic carboxylic acids is 1. The Labute approximate surface area is 188 Å². The summed E-state index contributed by atoms with van der Waals surface area (Å²) >= 11 is 0. The second-order valence-electron chi connectivity index (χ2n) is 12.8. The Morgan fingerprint density at radius 3 is 1.71 bits per heavy atom. The van der Waals surface area contributed by atoms with Crippen LogP contribution in [0.25, 0.3) is 0 Å². The first-order chi connectivity index (χ1) is 13.8. The van der Waals surface area contributed by atoms with Gasteiger partial charge in [-0.15, -0.1) is 0 Å². The zero-order chi connectivity index (χ0) is 24.2. The number of aromatic hydroxyl groups is 1. The zero-order valence-electron chi connectivity index (χ0n) is 21.1. The molecule has 2 rings (SSSR count). The van der Waals surface area contributed by atoms with Crippen LogP contribution in [0.2, 0.25) is 0 Å². The molecule has 0 spiro atoms. The molecule has 1 saturated heterocycles. The van der Waals surface area contributed by atoms with Crippen LogP contribution in [0, 0.1) is 11.8 Å². The Bertz CT molecular complexity index is 774. The highest BCUT2D eigenvalue weighted by atomic mass is 16.5. The largest absolute Gasteiger partial charge is 0.507 e. The number of carboxylic acid groups (broad SMARTS) is 1. The fraction of sp³-hybridized carbons (Fsp3) is 0.731. The molecular weight excluding hydrogens is 390 g/mol. The number of rotatable bonds is 4. The Morgan fingerprint density at radius 2 is 1.39 bits per heavy atom. The second kappa shape index (κ2) is 8.08. The lowest BCUT2D eigenvalue weighted by Crippen LogP contribution is -2.60. The van der Waals surface area contributed by atoms with Crippen molar-refractivity contribution >= 4 is 5.97 Å². The monoisotopic (exact) mass is 433 g/mol. The highest BCUT2D eigenvalue weighted by Gasteiger charge is 2.48. The van der Waals surface area contributed by atoms with Crippen LogP contribution in [-0.2, 0) is 22.0 Å². The topological polar surface area (TPSA) is 81.0 Å². The molecule has 1 aliphatic rings. The van der Waals surface area contributed by atoms with Gasteiger partial charge in [0.15, 0.2) is 0 Å². The third-order valence-corrected chi connectivity index (χ3v) is 6.80. The Balaban J connectivity index is 2.52. The Kier molecular flexibility index (Phi) is 6.69. The average molecular weight is 434 g/mol.